The number of fused-ring (bicyclic) bond motifs is 11. The molecule has 2 fully saturated rings. The molecule has 0 unspecified atom stereocenters. The molecule has 0 saturated carbocycles. The van der Waals surface area contributed by atoms with E-state index in [1.807, 2.05) is 53.4 Å². The van der Waals surface area contributed by atoms with Crippen LogP contribution in [0.25, 0.3) is 33.1 Å². The van der Waals surface area contributed by atoms with Crippen molar-refractivity contribution in [1.82, 2.24) is 24.4 Å². The van der Waals surface area contributed by atoms with Crippen LogP contribution in [0.15, 0.2) is 52.9 Å². The lowest BCUT2D eigenvalue weighted by atomic mass is 10.0. The number of nitrogens with zero attached hydrogens (tertiary/aromatic N) is 6. The number of carbonyl (C=O) groups is 2. The molecular weight excluding hydrogens is 564 g/mol. The number of aryl methyl sites for hydroxylation is 1. The molecule has 3 aromatic heterocycles. The molecule has 6 bridgehead atoms. The zero-order valence-electron chi connectivity index (χ0n) is 24.1. The highest BCUT2D eigenvalue weighted by atomic mass is 16.5. The number of para-hydroxylation sites is 3. The Morgan fingerprint density at radius 2 is 1.82 bits per heavy atom. The van der Waals surface area contributed by atoms with Gasteiger partial charge in [-0.25, -0.2) is 14.8 Å². The third-order valence-electron chi connectivity index (χ3n) is 9.00. The van der Waals surface area contributed by atoms with Crippen molar-refractivity contribution in [2.24, 2.45) is 0 Å². The van der Waals surface area contributed by atoms with Gasteiger partial charge in [-0.15, -0.1) is 0 Å². The molecule has 9 rings (SSSR count). The standard InChI is InChI=1S/C32H32N6O6/c39-27-18-42-15-5-10-26-34-28-21-6-1-4-9-25(21)44-29(28)30(35-26)37-17-20(16-24(37)31(40)41)43-32-33-22-7-2-3-8-23(22)38(32)19-11-13-36(27)14-12-19/h1-4,6-9,19-20,24H,5,10-18H2,(H,40,41)/t20-,24-/m0/s1. The number of carboxylic acids is 1. The SMILES string of the molecule is O=C(O)[C@@H]1C[C@H]2CN1c1nc(nc3c1oc1ccccc13)CCCOCC(=O)N1CCC(CC1)n1c(nc3ccccc31)O2. The summed E-state index contributed by atoms with van der Waals surface area (Å²) in [4.78, 5) is 43.8. The molecule has 12 nitrogen and oxygen atoms in total. The second-order valence-corrected chi connectivity index (χ2v) is 11.7. The molecule has 4 aliphatic rings. The molecule has 44 heavy (non-hydrogen) atoms. The number of hydrogen-bond acceptors (Lipinski definition) is 9. The van der Waals surface area contributed by atoms with Crippen molar-refractivity contribution in [1.29, 1.82) is 0 Å². The minimum Gasteiger partial charge on any atom is -0.480 e. The predicted octanol–water partition coefficient (Wildman–Crippen LogP) is 3.96. The third kappa shape index (κ3) is 4.60. The van der Waals surface area contributed by atoms with Gasteiger partial charge in [-0.1, -0.05) is 24.3 Å². The highest BCUT2D eigenvalue weighted by Gasteiger charge is 2.42. The second-order valence-electron chi connectivity index (χ2n) is 11.7. The van der Waals surface area contributed by atoms with Crippen LogP contribution in [0.5, 0.6) is 6.01 Å². The van der Waals surface area contributed by atoms with Crippen molar-refractivity contribution in [2.75, 3.05) is 37.7 Å². The summed E-state index contributed by atoms with van der Waals surface area (Å²) in [5.74, 6) is 0.0304. The van der Waals surface area contributed by atoms with E-state index in [0.717, 1.165) is 29.3 Å². The van der Waals surface area contributed by atoms with Crippen LogP contribution in [0, 0.1) is 0 Å². The number of benzene rings is 2. The lowest BCUT2D eigenvalue weighted by molar-refractivity contribution is -0.139. The van der Waals surface area contributed by atoms with Crippen molar-refractivity contribution < 1.29 is 28.6 Å². The highest BCUT2D eigenvalue weighted by Crippen LogP contribution is 2.38. The van der Waals surface area contributed by atoms with Gasteiger partial charge in [0.2, 0.25) is 5.91 Å². The van der Waals surface area contributed by atoms with E-state index >= 15 is 0 Å². The summed E-state index contributed by atoms with van der Waals surface area (Å²) >= 11 is 0. The van der Waals surface area contributed by atoms with Gasteiger partial charge in [-0.3, -0.25) is 9.36 Å². The minimum absolute atomic E-state index is 0.0111. The average Bonchev–Trinajstić information content (AvgIpc) is 3.73. The van der Waals surface area contributed by atoms with Crippen LogP contribution in [-0.4, -0.2) is 86.4 Å². The van der Waals surface area contributed by atoms with Crippen LogP contribution in [0.4, 0.5) is 5.82 Å². The Morgan fingerprint density at radius 3 is 2.68 bits per heavy atom. The van der Waals surface area contributed by atoms with Crippen molar-refractivity contribution in [3.05, 3.63) is 54.4 Å². The Morgan fingerprint density at radius 1 is 1.00 bits per heavy atom. The topological polar surface area (TPSA) is 136 Å². The zero-order valence-corrected chi connectivity index (χ0v) is 24.1. The van der Waals surface area contributed by atoms with Gasteiger partial charge in [0.15, 0.2) is 11.4 Å². The number of aromatic nitrogens is 4. The molecule has 12 heteroatoms. The maximum absolute atomic E-state index is 12.9. The first-order valence-electron chi connectivity index (χ1n) is 15.2. The lowest BCUT2D eigenvalue weighted by Crippen LogP contribution is -2.41. The fraction of sp³-hybridized carbons (Fsp3) is 0.406. The molecule has 226 valence electrons. The second kappa shape index (κ2) is 10.8. The number of hydrogen-bond donors (Lipinski definition) is 1. The van der Waals surface area contributed by atoms with Gasteiger partial charge in [0.05, 0.1) is 17.6 Å². The van der Waals surface area contributed by atoms with Crippen molar-refractivity contribution >= 4 is 50.8 Å². The molecule has 1 N–H and O–H groups in total. The van der Waals surface area contributed by atoms with Gasteiger partial charge >= 0.3 is 5.97 Å². The first-order valence-corrected chi connectivity index (χ1v) is 15.2. The van der Waals surface area contributed by atoms with E-state index in [1.54, 1.807) is 4.90 Å². The number of imidazole rings is 1. The van der Waals surface area contributed by atoms with E-state index in [1.165, 1.54) is 0 Å². The molecule has 2 saturated heterocycles. The van der Waals surface area contributed by atoms with E-state index in [2.05, 4.69) is 4.57 Å². The molecule has 5 aromatic rings. The normalized spacial score (nSPS) is 23.0. The molecule has 0 spiro atoms. The summed E-state index contributed by atoms with van der Waals surface area (Å²) in [6, 6.07) is 15.2. The predicted molar refractivity (Wildman–Crippen MR) is 161 cm³/mol. The van der Waals surface area contributed by atoms with Crippen molar-refractivity contribution in [3.8, 4) is 6.01 Å². The number of furan rings is 1. The number of piperidine rings is 1. The fourth-order valence-corrected chi connectivity index (χ4v) is 6.84. The molecule has 4 aliphatic heterocycles. The van der Waals surface area contributed by atoms with Crippen LogP contribution >= 0.6 is 0 Å². The molecule has 0 radical (unpaired) electrons. The van der Waals surface area contributed by atoms with E-state index in [0.29, 0.717) is 73.4 Å². The Labute approximate surface area is 252 Å². The monoisotopic (exact) mass is 596 g/mol. The van der Waals surface area contributed by atoms with Crippen LogP contribution in [-0.2, 0) is 20.7 Å². The van der Waals surface area contributed by atoms with Gasteiger partial charge in [0.1, 0.15) is 35.7 Å². The molecule has 1 amide bonds. The van der Waals surface area contributed by atoms with Crippen LogP contribution in [0.1, 0.15) is 37.5 Å². The third-order valence-corrected chi connectivity index (χ3v) is 9.00. The Bertz CT molecular complexity index is 1890. The summed E-state index contributed by atoms with van der Waals surface area (Å²) in [6.07, 6.45) is 2.41. The van der Waals surface area contributed by atoms with Crippen molar-refractivity contribution in [3.63, 3.8) is 0 Å². The maximum Gasteiger partial charge on any atom is 0.326 e. The van der Waals surface area contributed by atoms with Gasteiger partial charge in [0, 0.05) is 44.0 Å². The van der Waals surface area contributed by atoms with Crippen LogP contribution in [0.2, 0.25) is 0 Å². The number of aliphatic carboxylic acids is 1. The van der Waals surface area contributed by atoms with Crippen LogP contribution < -0.4 is 9.64 Å². The summed E-state index contributed by atoms with van der Waals surface area (Å²) in [5.41, 5.74) is 3.51. The Balaban J connectivity index is 1.23. The van der Waals surface area contributed by atoms with Gasteiger partial charge in [-0.05, 0) is 43.5 Å². The van der Waals surface area contributed by atoms with E-state index in [4.69, 9.17) is 28.8 Å². The Hall–Kier alpha value is -4.71. The average molecular weight is 597 g/mol. The zero-order chi connectivity index (χ0) is 29.8. The number of rotatable bonds is 1. The highest BCUT2D eigenvalue weighted by molar-refractivity contribution is 6.06. The summed E-state index contributed by atoms with van der Waals surface area (Å²) in [7, 11) is 0. The van der Waals surface area contributed by atoms with E-state index < -0.39 is 18.1 Å². The van der Waals surface area contributed by atoms with E-state index in [9.17, 15) is 14.7 Å². The minimum atomic E-state index is -0.957. The largest absolute Gasteiger partial charge is 0.480 e. The Kier molecular flexibility index (Phi) is 6.58. The quantitative estimate of drug-likeness (QED) is 0.303. The van der Waals surface area contributed by atoms with Gasteiger partial charge < -0.3 is 28.8 Å². The smallest absolute Gasteiger partial charge is 0.326 e. The molecule has 7 heterocycles. The summed E-state index contributed by atoms with van der Waals surface area (Å²) in [5, 5.41) is 11.2. The summed E-state index contributed by atoms with van der Waals surface area (Å²) < 4.78 is 20.8. The number of ether oxygens (including phenoxy) is 2. The number of amides is 1. The fourth-order valence-electron chi connectivity index (χ4n) is 6.84. The first kappa shape index (κ1) is 26.9. The van der Waals surface area contributed by atoms with Gasteiger partial charge in [0.25, 0.3) is 6.01 Å². The van der Waals surface area contributed by atoms with Crippen LogP contribution in [0.3, 0.4) is 0 Å². The number of carboxylic acid groups (broad SMARTS) is 1. The van der Waals surface area contributed by atoms with Gasteiger partial charge in [-0.2, -0.15) is 4.98 Å². The molecule has 0 aliphatic carbocycles. The number of carbonyl (C=O) groups excluding carboxylic acids is 1. The first-order chi connectivity index (χ1) is 21.5. The number of anilines is 1. The molecule has 2 atom stereocenters. The maximum atomic E-state index is 12.9. The van der Waals surface area contributed by atoms with Crippen molar-refractivity contribution in [2.45, 2.75) is 50.3 Å². The molecular formula is C32H32N6O6. The summed E-state index contributed by atoms with van der Waals surface area (Å²) in [6.45, 7) is 1.93. The van der Waals surface area contributed by atoms with E-state index in [-0.39, 0.29) is 25.0 Å². The molecule has 2 aromatic carbocycles. The lowest BCUT2D eigenvalue weighted by Gasteiger charge is -2.33.